The molecule has 2 aromatic heterocycles. The molecule has 0 saturated carbocycles. The molecule has 0 unspecified atom stereocenters. The highest BCUT2D eigenvalue weighted by molar-refractivity contribution is 6.06. The maximum absolute atomic E-state index is 14.0. The van der Waals surface area contributed by atoms with E-state index in [0.29, 0.717) is 29.2 Å². The molecule has 0 spiro atoms. The van der Waals surface area contributed by atoms with Gasteiger partial charge in [0.05, 0.1) is 17.5 Å². The van der Waals surface area contributed by atoms with Gasteiger partial charge in [0.25, 0.3) is 11.8 Å². The van der Waals surface area contributed by atoms with Gasteiger partial charge >= 0.3 is 0 Å². The lowest BCUT2D eigenvalue weighted by Gasteiger charge is -2.09. The predicted octanol–water partition coefficient (Wildman–Crippen LogP) is 4.39. The molecule has 0 atom stereocenters. The second-order valence-corrected chi connectivity index (χ2v) is 5.61. The molecular formula is C19H17FN2O4. The molecule has 6 nitrogen and oxygen atoms in total. The van der Waals surface area contributed by atoms with Gasteiger partial charge in [0, 0.05) is 12.1 Å². The van der Waals surface area contributed by atoms with Crippen LogP contribution in [0.4, 0.5) is 15.8 Å². The Morgan fingerprint density at radius 2 is 1.88 bits per heavy atom. The summed E-state index contributed by atoms with van der Waals surface area (Å²) < 4.78 is 24.5. The molecule has 2 heterocycles. The average molecular weight is 356 g/mol. The lowest BCUT2D eigenvalue weighted by Crippen LogP contribution is -2.15. The molecule has 1 aromatic carbocycles. The lowest BCUT2D eigenvalue weighted by molar-refractivity contribution is 0.0993. The van der Waals surface area contributed by atoms with E-state index >= 15 is 0 Å². The van der Waals surface area contributed by atoms with Gasteiger partial charge in [0.1, 0.15) is 17.3 Å². The Labute approximate surface area is 149 Å². The molecule has 0 aliphatic carbocycles. The highest BCUT2D eigenvalue weighted by atomic mass is 19.1. The average Bonchev–Trinajstić information content (AvgIpc) is 3.26. The van der Waals surface area contributed by atoms with Gasteiger partial charge in [-0.05, 0) is 43.3 Å². The number of aryl methyl sites for hydroxylation is 2. The predicted molar refractivity (Wildman–Crippen MR) is 93.8 cm³/mol. The van der Waals surface area contributed by atoms with Gasteiger partial charge < -0.3 is 19.5 Å². The Kier molecular flexibility index (Phi) is 4.88. The van der Waals surface area contributed by atoms with Crippen LogP contribution in [-0.4, -0.2) is 11.8 Å². The SMILES string of the molecule is CCc1ccc(C(=O)Nc2ccc(F)c(NC(=O)c3ccoc3C)c2)o1. The molecule has 3 rings (SSSR count). The number of carbonyl (C=O) groups is 2. The minimum absolute atomic E-state index is 0.0536. The van der Waals surface area contributed by atoms with E-state index in [1.54, 1.807) is 19.1 Å². The van der Waals surface area contributed by atoms with E-state index in [9.17, 15) is 14.0 Å². The van der Waals surface area contributed by atoms with E-state index in [1.807, 2.05) is 6.92 Å². The summed E-state index contributed by atoms with van der Waals surface area (Å²) in [7, 11) is 0. The Balaban J connectivity index is 1.76. The number of furan rings is 2. The fourth-order valence-electron chi connectivity index (χ4n) is 2.39. The van der Waals surface area contributed by atoms with Crippen molar-refractivity contribution >= 4 is 23.2 Å². The van der Waals surface area contributed by atoms with Crippen LogP contribution in [0.25, 0.3) is 0 Å². The zero-order chi connectivity index (χ0) is 18.7. The van der Waals surface area contributed by atoms with E-state index in [4.69, 9.17) is 8.83 Å². The van der Waals surface area contributed by atoms with E-state index in [-0.39, 0.29) is 11.4 Å². The summed E-state index contributed by atoms with van der Waals surface area (Å²) in [4.78, 5) is 24.4. The van der Waals surface area contributed by atoms with Crippen molar-refractivity contribution in [1.29, 1.82) is 0 Å². The van der Waals surface area contributed by atoms with Crippen LogP contribution in [0.1, 0.15) is 39.4 Å². The second-order valence-electron chi connectivity index (χ2n) is 5.61. The van der Waals surface area contributed by atoms with Gasteiger partial charge in [-0.1, -0.05) is 6.92 Å². The van der Waals surface area contributed by atoms with Crippen LogP contribution < -0.4 is 10.6 Å². The van der Waals surface area contributed by atoms with Gasteiger partial charge in [0.2, 0.25) is 0 Å². The third-order valence-electron chi connectivity index (χ3n) is 3.81. The van der Waals surface area contributed by atoms with Crippen molar-refractivity contribution in [3.63, 3.8) is 0 Å². The number of hydrogen-bond donors (Lipinski definition) is 2. The third kappa shape index (κ3) is 3.66. The van der Waals surface area contributed by atoms with Gasteiger partial charge in [-0.15, -0.1) is 0 Å². The minimum atomic E-state index is -0.622. The van der Waals surface area contributed by atoms with E-state index in [2.05, 4.69) is 10.6 Å². The Morgan fingerprint density at radius 3 is 2.54 bits per heavy atom. The molecule has 0 bridgehead atoms. The molecule has 7 heteroatoms. The minimum Gasteiger partial charge on any atom is -0.469 e. The first-order valence-corrected chi connectivity index (χ1v) is 8.03. The summed E-state index contributed by atoms with van der Waals surface area (Å²) >= 11 is 0. The van der Waals surface area contributed by atoms with Crippen LogP contribution in [0, 0.1) is 12.7 Å². The van der Waals surface area contributed by atoms with Crippen molar-refractivity contribution in [3.05, 3.63) is 71.3 Å². The van der Waals surface area contributed by atoms with Crippen molar-refractivity contribution in [2.75, 3.05) is 10.6 Å². The van der Waals surface area contributed by atoms with Crippen molar-refractivity contribution in [2.24, 2.45) is 0 Å². The maximum atomic E-state index is 14.0. The first-order chi connectivity index (χ1) is 12.5. The quantitative estimate of drug-likeness (QED) is 0.710. The standard InChI is InChI=1S/C19H17FN2O4/c1-3-13-5-7-17(26-13)19(24)21-12-4-6-15(20)16(10-12)22-18(23)14-8-9-25-11(14)2/h4-10H,3H2,1-2H3,(H,21,24)(H,22,23). The molecule has 0 aliphatic heterocycles. The van der Waals surface area contributed by atoms with E-state index in [0.717, 1.165) is 6.07 Å². The molecule has 0 aliphatic rings. The first kappa shape index (κ1) is 17.5. The molecule has 3 aromatic rings. The third-order valence-corrected chi connectivity index (χ3v) is 3.81. The first-order valence-electron chi connectivity index (χ1n) is 8.03. The van der Waals surface area contributed by atoms with Gasteiger partial charge in [0.15, 0.2) is 5.76 Å². The summed E-state index contributed by atoms with van der Waals surface area (Å²) in [6.07, 6.45) is 2.05. The number of amides is 2. The van der Waals surface area contributed by atoms with E-state index < -0.39 is 17.6 Å². The van der Waals surface area contributed by atoms with Crippen LogP contribution in [0.2, 0.25) is 0 Å². The summed E-state index contributed by atoms with van der Waals surface area (Å²) in [5.74, 6) is -0.305. The number of hydrogen-bond acceptors (Lipinski definition) is 4. The fourth-order valence-corrected chi connectivity index (χ4v) is 2.39. The Bertz CT molecular complexity index is 958. The molecule has 2 amide bonds. The lowest BCUT2D eigenvalue weighted by atomic mass is 10.2. The van der Waals surface area contributed by atoms with Crippen LogP contribution in [0.15, 0.2) is 51.5 Å². The van der Waals surface area contributed by atoms with Crippen LogP contribution >= 0.6 is 0 Å². The van der Waals surface area contributed by atoms with Crippen molar-refractivity contribution in [3.8, 4) is 0 Å². The smallest absolute Gasteiger partial charge is 0.291 e. The highest BCUT2D eigenvalue weighted by Gasteiger charge is 2.16. The molecular weight excluding hydrogens is 339 g/mol. The van der Waals surface area contributed by atoms with Crippen LogP contribution in [-0.2, 0) is 6.42 Å². The summed E-state index contributed by atoms with van der Waals surface area (Å²) in [6.45, 7) is 3.55. The topological polar surface area (TPSA) is 84.5 Å². The number of benzene rings is 1. The van der Waals surface area contributed by atoms with E-state index in [1.165, 1.54) is 24.5 Å². The molecule has 0 radical (unpaired) electrons. The molecule has 26 heavy (non-hydrogen) atoms. The number of carbonyl (C=O) groups excluding carboxylic acids is 2. The molecule has 0 fully saturated rings. The summed E-state index contributed by atoms with van der Waals surface area (Å²) in [5.41, 5.74) is 0.577. The highest BCUT2D eigenvalue weighted by Crippen LogP contribution is 2.22. The van der Waals surface area contributed by atoms with Gasteiger partial charge in [-0.2, -0.15) is 0 Å². The van der Waals surface area contributed by atoms with Gasteiger partial charge in [-0.3, -0.25) is 9.59 Å². The van der Waals surface area contributed by atoms with Crippen LogP contribution in [0.5, 0.6) is 0 Å². The number of rotatable bonds is 5. The normalized spacial score (nSPS) is 10.6. The number of anilines is 2. The van der Waals surface area contributed by atoms with Gasteiger partial charge in [-0.25, -0.2) is 4.39 Å². The Morgan fingerprint density at radius 1 is 1.08 bits per heavy atom. The largest absolute Gasteiger partial charge is 0.469 e. The van der Waals surface area contributed by atoms with Crippen molar-refractivity contribution in [1.82, 2.24) is 0 Å². The molecule has 0 saturated heterocycles. The fraction of sp³-hybridized carbons (Fsp3) is 0.158. The molecule has 2 N–H and O–H groups in total. The zero-order valence-electron chi connectivity index (χ0n) is 14.3. The second kappa shape index (κ2) is 7.26. The van der Waals surface area contributed by atoms with Crippen molar-refractivity contribution < 1.29 is 22.8 Å². The zero-order valence-corrected chi connectivity index (χ0v) is 14.3. The molecule has 134 valence electrons. The number of halogens is 1. The van der Waals surface area contributed by atoms with Crippen molar-refractivity contribution in [2.45, 2.75) is 20.3 Å². The monoisotopic (exact) mass is 356 g/mol. The number of nitrogens with one attached hydrogen (secondary N) is 2. The summed E-state index contributed by atoms with van der Waals surface area (Å²) in [5, 5.41) is 5.08. The maximum Gasteiger partial charge on any atom is 0.291 e. The van der Waals surface area contributed by atoms with Crippen LogP contribution in [0.3, 0.4) is 0 Å². The summed E-state index contributed by atoms with van der Waals surface area (Å²) in [6, 6.07) is 8.68. The Hall–Kier alpha value is -3.35.